The third-order valence-electron chi connectivity index (χ3n) is 8.19. The first kappa shape index (κ1) is 25.8. The van der Waals surface area contributed by atoms with Crippen LogP contribution < -0.4 is 4.90 Å². The Morgan fingerprint density at radius 3 is 2.59 bits per heavy atom. The number of aromatic nitrogens is 2. The molecule has 0 unspecified atom stereocenters. The molecule has 4 aromatic rings. The standard InChI is InChI=1S/C30H33ClN6O2/c1-34-12-9-23(10-13-34)35-14-16-36(17-15-35)28(38)20-37(27-6-2-4-21-5-3-11-32-29(21)27)30(39)22-7-8-24-25(31)19-33-26(24)18-22/h2-8,11,18-19,23,33H,9-10,12-17,20H2,1H3. The molecule has 4 heterocycles. The number of piperazine rings is 1. The largest absolute Gasteiger partial charge is 0.360 e. The third-order valence-corrected chi connectivity index (χ3v) is 8.50. The molecule has 1 N–H and O–H groups in total. The topological polar surface area (TPSA) is 75.8 Å². The number of carbonyl (C=O) groups excluding carboxylic acids is 2. The Balaban J connectivity index is 1.24. The van der Waals surface area contributed by atoms with Crippen LogP contribution in [-0.4, -0.2) is 95.4 Å². The van der Waals surface area contributed by atoms with Crippen LogP contribution >= 0.6 is 11.6 Å². The van der Waals surface area contributed by atoms with Crippen molar-refractivity contribution in [1.29, 1.82) is 0 Å². The van der Waals surface area contributed by atoms with Gasteiger partial charge in [-0.3, -0.25) is 24.4 Å². The number of likely N-dealkylation sites (tertiary alicyclic amines) is 1. The van der Waals surface area contributed by atoms with Gasteiger partial charge in [-0.2, -0.15) is 0 Å². The van der Waals surface area contributed by atoms with Gasteiger partial charge >= 0.3 is 0 Å². The van der Waals surface area contributed by atoms with E-state index in [1.165, 1.54) is 12.8 Å². The second-order valence-electron chi connectivity index (χ2n) is 10.6. The molecule has 0 spiro atoms. The summed E-state index contributed by atoms with van der Waals surface area (Å²) >= 11 is 6.26. The average Bonchev–Trinajstić information content (AvgIpc) is 3.35. The van der Waals surface area contributed by atoms with Crippen LogP contribution in [0.4, 0.5) is 5.69 Å². The van der Waals surface area contributed by atoms with Gasteiger partial charge in [0, 0.05) is 66.5 Å². The van der Waals surface area contributed by atoms with Crippen LogP contribution in [-0.2, 0) is 4.79 Å². The maximum atomic E-state index is 14.0. The Bertz CT molecular complexity index is 1500. The highest BCUT2D eigenvalue weighted by atomic mass is 35.5. The van der Waals surface area contributed by atoms with Gasteiger partial charge in [0.2, 0.25) is 5.91 Å². The summed E-state index contributed by atoms with van der Waals surface area (Å²) in [5.41, 5.74) is 2.57. The Hall–Kier alpha value is -3.46. The molecule has 0 bridgehead atoms. The van der Waals surface area contributed by atoms with Gasteiger partial charge in [-0.1, -0.05) is 35.9 Å². The number of nitrogens with one attached hydrogen (secondary N) is 1. The molecule has 39 heavy (non-hydrogen) atoms. The minimum Gasteiger partial charge on any atom is -0.360 e. The van der Waals surface area contributed by atoms with Gasteiger partial charge in [0.05, 0.1) is 16.2 Å². The molecule has 2 saturated heterocycles. The summed E-state index contributed by atoms with van der Waals surface area (Å²) in [6.45, 7) is 5.29. The number of nitrogens with zero attached hydrogens (tertiary/aromatic N) is 5. The molecule has 2 fully saturated rings. The van der Waals surface area contributed by atoms with Crippen molar-refractivity contribution in [3.63, 3.8) is 0 Å². The van der Waals surface area contributed by atoms with Crippen molar-refractivity contribution in [2.24, 2.45) is 0 Å². The smallest absolute Gasteiger partial charge is 0.258 e. The molecule has 0 atom stereocenters. The molecular formula is C30H33ClN6O2. The summed E-state index contributed by atoms with van der Waals surface area (Å²) in [7, 11) is 2.18. The highest BCUT2D eigenvalue weighted by Crippen LogP contribution is 2.29. The Labute approximate surface area is 233 Å². The number of halogens is 1. The summed E-state index contributed by atoms with van der Waals surface area (Å²) in [4.78, 5) is 43.7. The Kier molecular flexibility index (Phi) is 7.25. The summed E-state index contributed by atoms with van der Waals surface area (Å²) in [5.74, 6) is -0.303. The first-order chi connectivity index (χ1) is 19.0. The number of rotatable bonds is 5. The average molecular weight is 545 g/mol. The summed E-state index contributed by atoms with van der Waals surface area (Å²) in [5, 5.41) is 2.37. The lowest BCUT2D eigenvalue weighted by Gasteiger charge is -2.42. The number of hydrogen-bond acceptors (Lipinski definition) is 5. The lowest BCUT2D eigenvalue weighted by Crippen LogP contribution is -2.55. The monoisotopic (exact) mass is 544 g/mol. The van der Waals surface area contributed by atoms with Gasteiger partial charge in [-0.05, 0) is 57.2 Å². The number of H-pyrrole nitrogens is 1. The fraction of sp³-hybridized carbons (Fsp3) is 0.367. The molecule has 0 saturated carbocycles. The van der Waals surface area contributed by atoms with E-state index in [1.807, 2.05) is 41.3 Å². The van der Waals surface area contributed by atoms with Gasteiger partial charge in [0.25, 0.3) is 5.91 Å². The van der Waals surface area contributed by atoms with Crippen LogP contribution in [0.25, 0.3) is 21.8 Å². The van der Waals surface area contributed by atoms with E-state index in [4.69, 9.17) is 11.6 Å². The van der Waals surface area contributed by atoms with E-state index in [-0.39, 0.29) is 18.4 Å². The lowest BCUT2D eigenvalue weighted by molar-refractivity contribution is -0.131. The molecule has 2 aliphatic rings. The minimum atomic E-state index is -0.251. The van der Waals surface area contributed by atoms with Crippen molar-refractivity contribution in [2.75, 3.05) is 57.8 Å². The number of fused-ring (bicyclic) bond motifs is 2. The predicted molar refractivity (Wildman–Crippen MR) is 155 cm³/mol. The number of carbonyl (C=O) groups is 2. The van der Waals surface area contributed by atoms with Gasteiger partial charge in [0.15, 0.2) is 0 Å². The SMILES string of the molecule is CN1CCC(N2CCN(C(=O)CN(C(=O)c3ccc4c(Cl)c[nH]c4c3)c3cccc4cccnc34)CC2)CC1. The second kappa shape index (κ2) is 11.0. The molecule has 2 aromatic carbocycles. The van der Waals surface area contributed by atoms with E-state index in [2.05, 4.69) is 26.8 Å². The molecule has 202 valence electrons. The number of hydrogen-bond donors (Lipinski definition) is 1. The maximum Gasteiger partial charge on any atom is 0.258 e. The van der Waals surface area contributed by atoms with E-state index in [1.54, 1.807) is 29.4 Å². The van der Waals surface area contributed by atoms with Crippen molar-refractivity contribution in [3.8, 4) is 0 Å². The number of aromatic amines is 1. The molecule has 0 aliphatic carbocycles. The van der Waals surface area contributed by atoms with Crippen LogP contribution in [0.15, 0.2) is 60.9 Å². The minimum absolute atomic E-state index is 0.0493. The van der Waals surface area contributed by atoms with E-state index in [9.17, 15) is 9.59 Å². The van der Waals surface area contributed by atoms with Crippen LogP contribution in [0, 0.1) is 0 Å². The molecule has 2 aliphatic heterocycles. The van der Waals surface area contributed by atoms with Crippen LogP contribution in [0.2, 0.25) is 5.02 Å². The predicted octanol–water partition coefficient (Wildman–Crippen LogP) is 4.25. The highest BCUT2D eigenvalue weighted by molar-refractivity contribution is 6.35. The number of amides is 2. The van der Waals surface area contributed by atoms with E-state index in [0.29, 0.717) is 40.9 Å². The van der Waals surface area contributed by atoms with Crippen LogP contribution in [0.1, 0.15) is 23.2 Å². The van der Waals surface area contributed by atoms with Gasteiger partial charge < -0.3 is 14.8 Å². The number of anilines is 1. The van der Waals surface area contributed by atoms with Crippen molar-refractivity contribution >= 4 is 50.9 Å². The first-order valence-electron chi connectivity index (χ1n) is 13.6. The first-order valence-corrected chi connectivity index (χ1v) is 14.0. The van der Waals surface area contributed by atoms with E-state index in [0.717, 1.165) is 42.5 Å². The van der Waals surface area contributed by atoms with E-state index >= 15 is 0 Å². The normalized spacial score (nSPS) is 17.6. The Morgan fingerprint density at radius 2 is 1.79 bits per heavy atom. The van der Waals surface area contributed by atoms with Crippen molar-refractivity contribution in [1.82, 2.24) is 24.7 Å². The molecule has 6 rings (SSSR count). The van der Waals surface area contributed by atoms with E-state index < -0.39 is 0 Å². The maximum absolute atomic E-state index is 14.0. The van der Waals surface area contributed by atoms with Gasteiger partial charge in [-0.25, -0.2) is 0 Å². The molecule has 0 radical (unpaired) electrons. The molecule has 9 heteroatoms. The second-order valence-corrected chi connectivity index (χ2v) is 11.0. The molecule has 2 aromatic heterocycles. The molecular weight excluding hydrogens is 512 g/mol. The summed E-state index contributed by atoms with van der Waals surface area (Å²) in [6.07, 6.45) is 5.78. The highest BCUT2D eigenvalue weighted by Gasteiger charge is 2.30. The lowest BCUT2D eigenvalue weighted by atomic mass is 10.0. The van der Waals surface area contributed by atoms with Crippen molar-refractivity contribution in [3.05, 3.63) is 71.5 Å². The zero-order valence-corrected chi connectivity index (χ0v) is 22.9. The third kappa shape index (κ3) is 5.24. The quantitative estimate of drug-likeness (QED) is 0.406. The van der Waals surface area contributed by atoms with Gasteiger partial charge in [-0.15, -0.1) is 0 Å². The van der Waals surface area contributed by atoms with Crippen LogP contribution in [0.5, 0.6) is 0 Å². The number of para-hydroxylation sites is 1. The van der Waals surface area contributed by atoms with Crippen molar-refractivity contribution in [2.45, 2.75) is 18.9 Å². The van der Waals surface area contributed by atoms with Crippen molar-refractivity contribution < 1.29 is 9.59 Å². The molecule has 8 nitrogen and oxygen atoms in total. The zero-order chi connectivity index (χ0) is 26.9. The number of benzene rings is 2. The van der Waals surface area contributed by atoms with Gasteiger partial charge in [0.1, 0.15) is 6.54 Å². The summed E-state index contributed by atoms with van der Waals surface area (Å²) < 4.78 is 0. The van der Waals surface area contributed by atoms with Crippen LogP contribution in [0.3, 0.4) is 0 Å². The Morgan fingerprint density at radius 1 is 1.03 bits per heavy atom. The summed E-state index contributed by atoms with van der Waals surface area (Å²) in [6, 6.07) is 15.6. The number of pyridine rings is 1. The fourth-order valence-corrected chi connectivity index (χ4v) is 6.10. The number of piperidine rings is 1. The zero-order valence-electron chi connectivity index (χ0n) is 22.1. The molecule has 2 amide bonds. The fourth-order valence-electron chi connectivity index (χ4n) is 5.88.